The number of rotatable bonds is 6. The fourth-order valence-electron chi connectivity index (χ4n) is 3.08. The van der Waals surface area contributed by atoms with Gasteiger partial charge in [-0.3, -0.25) is 14.2 Å². The standard InChI is InChI=1S/C21H22N6O/c1-15(22-2)17-7-8-20-19(10-17)24-14-27(20)18-6-4-5-16(9-18)11-28-12-21-23-13-25-26(21)3/h4-10,13-14H,11-12H2,1-3H3. The molecule has 0 atom stereocenters. The zero-order valence-corrected chi connectivity index (χ0v) is 16.2. The molecule has 0 aliphatic rings. The van der Waals surface area contributed by atoms with Crippen molar-refractivity contribution in [1.82, 2.24) is 24.3 Å². The molecular weight excluding hydrogens is 352 g/mol. The summed E-state index contributed by atoms with van der Waals surface area (Å²) in [5.74, 6) is 0.804. The summed E-state index contributed by atoms with van der Waals surface area (Å²) in [7, 11) is 3.66. The van der Waals surface area contributed by atoms with Crippen LogP contribution in [0.25, 0.3) is 16.7 Å². The van der Waals surface area contributed by atoms with E-state index in [0.29, 0.717) is 13.2 Å². The van der Waals surface area contributed by atoms with E-state index in [2.05, 4.69) is 61.0 Å². The van der Waals surface area contributed by atoms with Crippen molar-refractivity contribution in [3.05, 3.63) is 72.1 Å². The Morgan fingerprint density at radius 3 is 2.79 bits per heavy atom. The number of aliphatic imine (C=N–C) groups is 1. The summed E-state index contributed by atoms with van der Waals surface area (Å²) >= 11 is 0. The Balaban J connectivity index is 1.54. The van der Waals surface area contributed by atoms with Crippen molar-refractivity contribution in [1.29, 1.82) is 0 Å². The second-order valence-corrected chi connectivity index (χ2v) is 6.59. The van der Waals surface area contributed by atoms with Gasteiger partial charge in [0.05, 0.1) is 17.6 Å². The van der Waals surface area contributed by atoms with Gasteiger partial charge in [0, 0.05) is 25.5 Å². The van der Waals surface area contributed by atoms with E-state index < -0.39 is 0 Å². The zero-order chi connectivity index (χ0) is 19.5. The van der Waals surface area contributed by atoms with Crippen molar-refractivity contribution in [2.24, 2.45) is 12.0 Å². The Morgan fingerprint density at radius 1 is 1.11 bits per heavy atom. The number of hydrogen-bond acceptors (Lipinski definition) is 5. The second-order valence-electron chi connectivity index (χ2n) is 6.59. The van der Waals surface area contributed by atoms with E-state index in [1.54, 1.807) is 11.7 Å². The molecule has 7 heteroatoms. The van der Waals surface area contributed by atoms with Gasteiger partial charge in [0.25, 0.3) is 0 Å². The van der Waals surface area contributed by atoms with Crippen molar-refractivity contribution in [2.45, 2.75) is 20.1 Å². The van der Waals surface area contributed by atoms with Crippen LogP contribution in [0.4, 0.5) is 0 Å². The minimum absolute atomic E-state index is 0.426. The fourth-order valence-corrected chi connectivity index (χ4v) is 3.08. The van der Waals surface area contributed by atoms with Gasteiger partial charge < -0.3 is 4.74 Å². The first kappa shape index (κ1) is 18.1. The van der Waals surface area contributed by atoms with Crippen molar-refractivity contribution in [3.8, 4) is 5.69 Å². The fraction of sp³-hybridized carbons (Fsp3) is 0.238. The van der Waals surface area contributed by atoms with Gasteiger partial charge in [0.15, 0.2) is 5.82 Å². The van der Waals surface area contributed by atoms with Gasteiger partial charge in [-0.25, -0.2) is 9.97 Å². The van der Waals surface area contributed by atoms with Crippen molar-refractivity contribution >= 4 is 16.7 Å². The molecule has 2 aromatic carbocycles. The molecule has 0 saturated carbocycles. The summed E-state index contributed by atoms with van der Waals surface area (Å²) in [5, 5.41) is 4.05. The van der Waals surface area contributed by atoms with Crippen LogP contribution >= 0.6 is 0 Å². The Labute approximate surface area is 163 Å². The zero-order valence-electron chi connectivity index (χ0n) is 16.2. The predicted molar refractivity (Wildman–Crippen MR) is 109 cm³/mol. The summed E-state index contributed by atoms with van der Waals surface area (Å²) in [4.78, 5) is 13.0. The smallest absolute Gasteiger partial charge is 0.152 e. The van der Waals surface area contributed by atoms with Crippen LogP contribution in [0.15, 0.2) is 60.1 Å². The highest BCUT2D eigenvalue weighted by molar-refractivity contribution is 6.01. The molecule has 0 fully saturated rings. The topological polar surface area (TPSA) is 70.1 Å². The normalized spacial score (nSPS) is 12.0. The van der Waals surface area contributed by atoms with Gasteiger partial charge in [0.2, 0.25) is 0 Å². The van der Waals surface area contributed by atoms with E-state index in [1.807, 2.05) is 26.4 Å². The molecule has 4 rings (SSSR count). The molecule has 0 N–H and O–H groups in total. The Kier molecular flexibility index (Phi) is 4.99. The average Bonchev–Trinajstić information content (AvgIpc) is 3.33. The largest absolute Gasteiger partial charge is 0.369 e. The van der Waals surface area contributed by atoms with Crippen molar-refractivity contribution in [2.75, 3.05) is 7.05 Å². The monoisotopic (exact) mass is 374 g/mol. The summed E-state index contributed by atoms with van der Waals surface area (Å²) in [6.45, 7) is 2.93. The number of benzene rings is 2. The first-order valence-electron chi connectivity index (χ1n) is 9.06. The Morgan fingerprint density at radius 2 is 2.00 bits per heavy atom. The Hall–Kier alpha value is -3.32. The lowest BCUT2D eigenvalue weighted by Crippen LogP contribution is -2.03. The Bertz CT molecular complexity index is 1140. The molecule has 0 aliphatic carbocycles. The van der Waals surface area contributed by atoms with E-state index >= 15 is 0 Å². The molecule has 0 saturated heterocycles. The minimum Gasteiger partial charge on any atom is -0.369 e. The van der Waals surface area contributed by atoms with E-state index in [4.69, 9.17) is 4.74 Å². The molecular formula is C21H22N6O. The number of ether oxygens (including phenoxy) is 1. The third-order valence-corrected chi connectivity index (χ3v) is 4.79. The maximum Gasteiger partial charge on any atom is 0.152 e. The van der Waals surface area contributed by atoms with Crippen LogP contribution in [0.5, 0.6) is 0 Å². The van der Waals surface area contributed by atoms with Crippen LogP contribution in [-0.4, -0.2) is 37.1 Å². The minimum atomic E-state index is 0.426. The van der Waals surface area contributed by atoms with Crippen LogP contribution in [-0.2, 0) is 25.0 Å². The molecule has 0 amide bonds. The lowest BCUT2D eigenvalue weighted by molar-refractivity contribution is 0.0993. The summed E-state index contributed by atoms with van der Waals surface area (Å²) in [5.41, 5.74) is 6.24. The molecule has 0 radical (unpaired) electrons. The first-order chi connectivity index (χ1) is 13.7. The molecule has 0 unspecified atom stereocenters. The highest BCUT2D eigenvalue weighted by Gasteiger charge is 2.08. The van der Waals surface area contributed by atoms with E-state index in [0.717, 1.165) is 39.4 Å². The van der Waals surface area contributed by atoms with Crippen LogP contribution in [0, 0.1) is 0 Å². The molecule has 0 spiro atoms. The number of aryl methyl sites for hydroxylation is 1. The van der Waals surface area contributed by atoms with Crippen molar-refractivity contribution < 1.29 is 4.74 Å². The number of fused-ring (bicyclic) bond motifs is 1. The van der Waals surface area contributed by atoms with Gasteiger partial charge in [-0.1, -0.05) is 18.2 Å². The predicted octanol–water partition coefficient (Wildman–Crippen LogP) is 3.31. The van der Waals surface area contributed by atoms with Crippen LogP contribution in [0.3, 0.4) is 0 Å². The summed E-state index contributed by atoms with van der Waals surface area (Å²) < 4.78 is 9.60. The third kappa shape index (κ3) is 3.57. The molecule has 0 aliphatic heterocycles. The van der Waals surface area contributed by atoms with E-state index in [-0.39, 0.29) is 0 Å². The lowest BCUT2D eigenvalue weighted by atomic mass is 10.1. The molecule has 0 bridgehead atoms. The number of imidazole rings is 1. The molecule has 2 heterocycles. The number of hydrogen-bond donors (Lipinski definition) is 0. The lowest BCUT2D eigenvalue weighted by Gasteiger charge is -2.09. The first-order valence-corrected chi connectivity index (χ1v) is 9.06. The highest BCUT2D eigenvalue weighted by atomic mass is 16.5. The maximum absolute atomic E-state index is 5.80. The quantitative estimate of drug-likeness (QED) is 0.486. The molecule has 2 aromatic heterocycles. The number of nitrogens with zero attached hydrogens (tertiary/aromatic N) is 6. The summed E-state index contributed by atoms with van der Waals surface area (Å²) in [6.07, 6.45) is 3.38. The molecule has 4 aromatic rings. The molecule has 28 heavy (non-hydrogen) atoms. The van der Waals surface area contributed by atoms with Gasteiger partial charge in [-0.15, -0.1) is 0 Å². The summed E-state index contributed by atoms with van der Waals surface area (Å²) in [6, 6.07) is 14.5. The van der Waals surface area contributed by atoms with E-state index in [1.165, 1.54) is 6.33 Å². The molecule has 142 valence electrons. The van der Waals surface area contributed by atoms with Gasteiger partial charge >= 0.3 is 0 Å². The van der Waals surface area contributed by atoms with Crippen LogP contribution in [0.2, 0.25) is 0 Å². The van der Waals surface area contributed by atoms with Gasteiger partial charge in [-0.2, -0.15) is 5.10 Å². The second kappa shape index (κ2) is 7.74. The van der Waals surface area contributed by atoms with Gasteiger partial charge in [-0.05, 0) is 42.3 Å². The van der Waals surface area contributed by atoms with Crippen LogP contribution < -0.4 is 0 Å². The number of aromatic nitrogens is 5. The average molecular weight is 374 g/mol. The van der Waals surface area contributed by atoms with Crippen molar-refractivity contribution in [3.63, 3.8) is 0 Å². The molecule has 7 nitrogen and oxygen atoms in total. The maximum atomic E-state index is 5.80. The SMILES string of the molecule is CN=C(C)c1ccc2c(c1)ncn2-c1cccc(COCc2ncnn2C)c1. The van der Waals surface area contributed by atoms with Crippen LogP contribution in [0.1, 0.15) is 23.9 Å². The van der Waals surface area contributed by atoms with Gasteiger partial charge in [0.1, 0.15) is 19.3 Å². The highest BCUT2D eigenvalue weighted by Crippen LogP contribution is 2.21. The third-order valence-electron chi connectivity index (χ3n) is 4.79. The van der Waals surface area contributed by atoms with E-state index in [9.17, 15) is 0 Å².